The second kappa shape index (κ2) is 6.31. The number of nitrogens with one attached hydrogen (secondary N) is 1. The Balaban J connectivity index is 2.31. The van der Waals surface area contributed by atoms with E-state index in [1.54, 1.807) is 19.1 Å². The quantitative estimate of drug-likeness (QED) is 0.662. The fourth-order valence-electron chi connectivity index (χ4n) is 2.05. The van der Waals surface area contributed by atoms with Gasteiger partial charge in [0.15, 0.2) is 0 Å². The van der Waals surface area contributed by atoms with E-state index >= 15 is 0 Å². The van der Waals surface area contributed by atoms with E-state index < -0.39 is 5.97 Å². The van der Waals surface area contributed by atoms with Gasteiger partial charge in [-0.15, -0.1) is 0 Å². The average molecular weight is 284 g/mol. The number of anilines is 3. The Hall–Kier alpha value is -2.49. The van der Waals surface area contributed by atoms with Gasteiger partial charge in [-0.3, -0.25) is 0 Å². The number of ether oxygens (including phenoxy) is 1. The third-order valence-electron chi connectivity index (χ3n) is 3.22. The molecule has 0 heterocycles. The molecule has 2 aromatic rings. The van der Waals surface area contributed by atoms with Crippen molar-refractivity contribution in [2.75, 3.05) is 17.7 Å². The number of carbonyl (C=O) groups excluding carboxylic acids is 1. The monoisotopic (exact) mass is 284 g/mol. The smallest absolute Gasteiger partial charge is 0.340 e. The standard InChI is InChI=1S/C17H20N2O2/c1-4-21-17(20)14-10-13(7-8-15(14)18)19-16-9-11(2)5-6-12(16)3/h5-10,19H,4,18H2,1-3H3. The highest BCUT2D eigenvalue weighted by Crippen LogP contribution is 2.25. The lowest BCUT2D eigenvalue weighted by molar-refractivity contribution is 0.0527. The maximum absolute atomic E-state index is 11.9. The molecule has 0 saturated heterocycles. The molecule has 0 aliphatic heterocycles. The molecule has 0 radical (unpaired) electrons. The molecule has 2 rings (SSSR count). The maximum atomic E-state index is 11.9. The first-order chi connectivity index (χ1) is 10.0. The van der Waals surface area contributed by atoms with Gasteiger partial charge in [0.05, 0.1) is 12.2 Å². The molecular weight excluding hydrogens is 264 g/mol. The fourth-order valence-corrected chi connectivity index (χ4v) is 2.05. The molecule has 0 aliphatic carbocycles. The second-order valence-electron chi connectivity index (χ2n) is 4.97. The molecule has 110 valence electrons. The van der Waals surface area contributed by atoms with Gasteiger partial charge in [0, 0.05) is 17.1 Å². The summed E-state index contributed by atoms with van der Waals surface area (Å²) in [7, 11) is 0. The molecule has 21 heavy (non-hydrogen) atoms. The summed E-state index contributed by atoms with van der Waals surface area (Å²) in [6.07, 6.45) is 0. The molecule has 3 N–H and O–H groups in total. The van der Waals surface area contributed by atoms with Gasteiger partial charge in [0.2, 0.25) is 0 Å². The molecule has 0 bridgehead atoms. The fraction of sp³-hybridized carbons (Fsp3) is 0.235. The van der Waals surface area contributed by atoms with Crippen molar-refractivity contribution in [2.45, 2.75) is 20.8 Å². The van der Waals surface area contributed by atoms with E-state index in [0.29, 0.717) is 17.9 Å². The van der Waals surface area contributed by atoms with Gasteiger partial charge in [-0.1, -0.05) is 12.1 Å². The number of benzene rings is 2. The minimum Gasteiger partial charge on any atom is -0.462 e. The number of hydrogen-bond acceptors (Lipinski definition) is 4. The van der Waals surface area contributed by atoms with E-state index in [0.717, 1.165) is 16.9 Å². The number of hydrogen-bond donors (Lipinski definition) is 2. The lowest BCUT2D eigenvalue weighted by Gasteiger charge is -2.12. The number of rotatable bonds is 4. The van der Waals surface area contributed by atoms with Crippen LogP contribution in [-0.2, 0) is 4.74 Å². The molecule has 0 aliphatic rings. The number of nitrogens with two attached hydrogens (primary N) is 1. The summed E-state index contributed by atoms with van der Waals surface area (Å²) in [4.78, 5) is 11.9. The molecule has 0 aromatic heterocycles. The number of carbonyl (C=O) groups is 1. The van der Waals surface area contributed by atoms with Crippen LogP contribution in [0.2, 0.25) is 0 Å². The molecule has 0 unspecified atom stereocenters. The molecule has 0 spiro atoms. The van der Waals surface area contributed by atoms with Crippen LogP contribution in [0.15, 0.2) is 36.4 Å². The van der Waals surface area contributed by atoms with E-state index in [1.165, 1.54) is 5.56 Å². The van der Waals surface area contributed by atoms with Crippen molar-refractivity contribution in [2.24, 2.45) is 0 Å². The minimum atomic E-state index is -0.403. The number of esters is 1. The number of aryl methyl sites for hydroxylation is 2. The molecule has 4 heteroatoms. The van der Waals surface area contributed by atoms with Crippen LogP contribution in [0.4, 0.5) is 17.1 Å². The highest BCUT2D eigenvalue weighted by molar-refractivity contribution is 5.96. The van der Waals surface area contributed by atoms with Crippen LogP contribution in [0.25, 0.3) is 0 Å². The summed E-state index contributed by atoms with van der Waals surface area (Å²) >= 11 is 0. The van der Waals surface area contributed by atoms with E-state index in [-0.39, 0.29) is 0 Å². The van der Waals surface area contributed by atoms with Crippen molar-refractivity contribution in [3.63, 3.8) is 0 Å². The van der Waals surface area contributed by atoms with Crippen LogP contribution >= 0.6 is 0 Å². The van der Waals surface area contributed by atoms with Crippen molar-refractivity contribution in [3.8, 4) is 0 Å². The summed E-state index contributed by atoms with van der Waals surface area (Å²) in [6, 6.07) is 11.5. The van der Waals surface area contributed by atoms with E-state index in [4.69, 9.17) is 10.5 Å². The lowest BCUT2D eigenvalue weighted by Crippen LogP contribution is -2.08. The third-order valence-corrected chi connectivity index (χ3v) is 3.22. The van der Waals surface area contributed by atoms with Gasteiger partial charge in [-0.2, -0.15) is 0 Å². The Bertz CT molecular complexity index is 666. The van der Waals surface area contributed by atoms with Gasteiger partial charge >= 0.3 is 5.97 Å². The van der Waals surface area contributed by atoms with Crippen molar-refractivity contribution in [1.82, 2.24) is 0 Å². The van der Waals surface area contributed by atoms with Crippen LogP contribution < -0.4 is 11.1 Å². The predicted molar refractivity (Wildman–Crippen MR) is 86.0 cm³/mol. The zero-order valence-electron chi connectivity index (χ0n) is 12.6. The maximum Gasteiger partial charge on any atom is 0.340 e. The largest absolute Gasteiger partial charge is 0.462 e. The summed E-state index contributed by atoms with van der Waals surface area (Å²) in [5.41, 5.74) is 10.8. The first-order valence-corrected chi connectivity index (χ1v) is 6.92. The van der Waals surface area contributed by atoms with E-state index in [9.17, 15) is 4.79 Å². The molecular formula is C17H20N2O2. The summed E-state index contributed by atoms with van der Waals surface area (Å²) in [5.74, 6) is -0.403. The zero-order valence-corrected chi connectivity index (χ0v) is 12.6. The first-order valence-electron chi connectivity index (χ1n) is 6.92. The van der Waals surface area contributed by atoms with Crippen LogP contribution in [0.1, 0.15) is 28.4 Å². The summed E-state index contributed by atoms with van der Waals surface area (Å²) in [5, 5.41) is 3.31. The number of nitrogen functional groups attached to an aromatic ring is 1. The van der Waals surface area contributed by atoms with Crippen LogP contribution in [0.5, 0.6) is 0 Å². The van der Waals surface area contributed by atoms with E-state index in [2.05, 4.69) is 23.5 Å². The SMILES string of the molecule is CCOC(=O)c1cc(Nc2cc(C)ccc2C)ccc1N. The zero-order chi connectivity index (χ0) is 15.4. The molecule has 0 fully saturated rings. The van der Waals surface area contributed by atoms with Crippen molar-refractivity contribution in [3.05, 3.63) is 53.1 Å². The first kappa shape index (κ1) is 14.9. The Labute approximate surface area is 124 Å². The predicted octanol–water partition coefficient (Wildman–Crippen LogP) is 3.81. The lowest BCUT2D eigenvalue weighted by atomic mass is 10.1. The van der Waals surface area contributed by atoms with E-state index in [1.807, 2.05) is 19.9 Å². The molecule has 0 saturated carbocycles. The molecule has 0 amide bonds. The summed E-state index contributed by atoms with van der Waals surface area (Å²) < 4.78 is 5.01. The Morgan fingerprint density at radius 3 is 2.67 bits per heavy atom. The van der Waals surface area contributed by atoms with Crippen molar-refractivity contribution in [1.29, 1.82) is 0 Å². The highest BCUT2D eigenvalue weighted by atomic mass is 16.5. The van der Waals surface area contributed by atoms with Crippen LogP contribution in [0, 0.1) is 13.8 Å². The normalized spacial score (nSPS) is 10.2. The van der Waals surface area contributed by atoms with Crippen LogP contribution in [0.3, 0.4) is 0 Å². The second-order valence-corrected chi connectivity index (χ2v) is 4.97. The summed E-state index contributed by atoms with van der Waals surface area (Å²) in [6.45, 7) is 6.17. The average Bonchev–Trinajstić information content (AvgIpc) is 2.45. The minimum absolute atomic E-state index is 0.326. The van der Waals surface area contributed by atoms with Gasteiger partial charge in [-0.05, 0) is 56.2 Å². The Morgan fingerprint density at radius 2 is 1.95 bits per heavy atom. The third kappa shape index (κ3) is 3.54. The Morgan fingerprint density at radius 1 is 1.19 bits per heavy atom. The molecule has 4 nitrogen and oxygen atoms in total. The van der Waals surface area contributed by atoms with Gasteiger partial charge in [0.25, 0.3) is 0 Å². The van der Waals surface area contributed by atoms with Gasteiger partial charge in [0.1, 0.15) is 0 Å². The van der Waals surface area contributed by atoms with Crippen LogP contribution in [-0.4, -0.2) is 12.6 Å². The highest BCUT2D eigenvalue weighted by Gasteiger charge is 2.12. The topological polar surface area (TPSA) is 64.3 Å². The van der Waals surface area contributed by atoms with Gasteiger partial charge < -0.3 is 15.8 Å². The molecule has 0 atom stereocenters. The van der Waals surface area contributed by atoms with Crippen molar-refractivity contribution < 1.29 is 9.53 Å². The van der Waals surface area contributed by atoms with Crippen molar-refractivity contribution >= 4 is 23.0 Å². The van der Waals surface area contributed by atoms with Gasteiger partial charge in [-0.25, -0.2) is 4.79 Å². The Kier molecular flexibility index (Phi) is 4.48. The molecule has 2 aromatic carbocycles.